The van der Waals surface area contributed by atoms with E-state index in [0.29, 0.717) is 6.54 Å². The predicted molar refractivity (Wildman–Crippen MR) is 65.4 cm³/mol. The van der Waals surface area contributed by atoms with Crippen LogP contribution >= 0.6 is 0 Å². The number of ether oxygens (including phenoxy) is 1. The van der Waals surface area contributed by atoms with Gasteiger partial charge in [-0.3, -0.25) is 9.78 Å². The van der Waals surface area contributed by atoms with Crippen LogP contribution in [0.5, 0.6) is 0 Å². The molecule has 0 radical (unpaired) electrons. The molecule has 5 heteroatoms. The molecule has 0 spiro atoms. The molecular weight excluding hydrogens is 218 g/mol. The highest BCUT2D eigenvalue weighted by Gasteiger charge is 2.15. The van der Waals surface area contributed by atoms with Crippen molar-refractivity contribution in [3.63, 3.8) is 0 Å². The smallest absolute Gasteiger partial charge is 0.323 e. The Hall–Kier alpha value is -1.46. The van der Waals surface area contributed by atoms with E-state index in [-0.39, 0.29) is 5.97 Å². The Kier molecular flexibility index (Phi) is 5.59. The topological polar surface area (TPSA) is 68.5 Å². The first-order valence-electron chi connectivity index (χ1n) is 5.55. The molecule has 0 aliphatic rings. The Morgan fingerprint density at radius 3 is 2.94 bits per heavy atom. The van der Waals surface area contributed by atoms with Crippen LogP contribution in [0.2, 0.25) is 0 Å². The van der Waals surface area contributed by atoms with Crippen LogP contribution in [-0.2, 0) is 16.0 Å². The van der Waals surface area contributed by atoms with E-state index in [1.54, 1.807) is 6.20 Å². The number of esters is 1. The molecule has 0 aromatic carbocycles. The van der Waals surface area contributed by atoms with Gasteiger partial charge in [-0.15, -0.1) is 0 Å². The van der Waals surface area contributed by atoms with Gasteiger partial charge in [0.05, 0.1) is 7.11 Å². The summed E-state index contributed by atoms with van der Waals surface area (Å²) in [7, 11) is 3.27. The van der Waals surface area contributed by atoms with Gasteiger partial charge >= 0.3 is 5.97 Å². The fourth-order valence-electron chi connectivity index (χ4n) is 1.50. The zero-order valence-corrected chi connectivity index (χ0v) is 10.3. The maximum Gasteiger partial charge on any atom is 0.323 e. The summed E-state index contributed by atoms with van der Waals surface area (Å²) in [6.45, 7) is 1.29. The second-order valence-corrected chi connectivity index (χ2v) is 3.96. The lowest BCUT2D eigenvalue weighted by atomic mass is 10.2. The molecule has 0 amide bonds. The Labute approximate surface area is 102 Å². The van der Waals surface area contributed by atoms with Gasteiger partial charge in [-0.25, -0.2) is 0 Å². The molecule has 1 heterocycles. The van der Waals surface area contributed by atoms with Gasteiger partial charge in [0, 0.05) is 31.4 Å². The Bertz CT molecular complexity index is 343. The van der Waals surface area contributed by atoms with Gasteiger partial charge < -0.3 is 15.4 Å². The van der Waals surface area contributed by atoms with Crippen molar-refractivity contribution in [2.24, 2.45) is 5.73 Å². The monoisotopic (exact) mass is 237 g/mol. The van der Waals surface area contributed by atoms with Crippen LogP contribution in [0.1, 0.15) is 5.69 Å². The van der Waals surface area contributed by atoms with E-state index in [1.165, 1.54) is 7.11 Å². The maximum absolute atomic E-state index is 11.1. The minimum atomic E-state index is -0.589. The van der Waals surface area contributed by atoms with Crippen LogP contribution in [0, 0.1) is 0 Å². The van der Waals surface area contributed by atoms with Crippen LogP contribution in [-0.4, -0.2) is 49.1 Å². The molecule has 1 unspecified atom stereocenters. The van der Waals surface area contributed by atoms with E-state index in [4.69, 9.17) is 5.73 Å². The Morgan fingerprint density at radius 2 is 2.35 bits per heavy atom. The molecule has 0 saturated heterocycles. The second-order valence-electron chi connectivity index (χ2n) is 3.96. The van der Waals surface area contributed by atoms with E-state index >= 15 is 0 Å². The Balaban J connectivity index is 2.30. The average molecular weight is 237 g/mol. The van der Waals surface area contributed by atoms with Crippen molar-refractivity contribution < 1.29 is 9.53 Å². The van der Waals surface area contributed by atoms with Gasteiger partial charge in [0.15, 0.2) is 0 Å². The van der Waals surface area contributed by atoms with Crippen molar-refractivity contribution in [1.29, 1.82) is 0 Å². The van der Waals surface area contributed by atoms with Crippen molar-refractivity contribution in [2.75, 3.05) is 27.2 Å². The number of pyridine rings is 1. The number of hydrogen-bond donors (Lipinski definition) is 1. The highest BCUT2D eigenvalue weighted by atomic mass is 16.5. The number of carbonyl (C=O) groups is 1. The minimum absolute atomic E-state index is 0.380. The molecule has 5 nitrogen and oxygen atoms in total. The molecule has 1 rings (SSSR count). The molecule has 0 bridgehead atoms. The van der Waals surface area contributed by atoms with Gasteiger partial charge in [-0.1, -0.05) is 6.07 Å². The van der Waals surface area contributed by atoms with Crippen LogP contribution in [0.3, 0.4) is 0 Å². The zero-order chi connectivity index (χ0) is 12.7. The van der Waals surface area contributed by atoms with Crippen LogP contribution in [0.25, 0.3) is 0 Å². The molecule has 0 aliphatic carbocycles. The number of carbonyl (C=O) groups excluding carboxylic acids is 1. The number of hydrogen-bond acceptors (Lipinski definition) is 5. The van der Waals surface area contributed by atoms with Gasteiger partial charge in [0.2, 0.25) is 0 Å². The normalized spacial score (nSPS) is 12.5. The summed E-state index contributed by atoms with van der Waals surface area (Å²) < 4.78 is 4.57. The number of likely N-dealkylation sites (N-methyl/N-ethyl adjacent to an activating group) is 1. The molecule has 17 heavy (non-hydrogen) atoms. The summed E-state index contributed by atoms with van der Waals surface area (Å²) >= 11 is 0. The molecule has 1 atom stereocenters. The summed E-state index contributed by atoms with van der Waals surface area (Å²) in [5, 5.41) is 0. The fraction of sp³-hybridized carbons (Fsp3) is 0.500. The van der Waals surface area contributed by atoms with Gasteiger partial charge in [-0.2, -0.15) is 0 Å². The van der Waals surface area contributed by atoms with Crippen molar-refractivity contribution in [2.45, 2.75) is 12.5 Å². The number of rotatable bonds is 6. The molecule has 94 valence electrons. The third-order valence-corrected chi connectivity index (χ3v) is 2.49. The van der Waals surface area contributed by atoms with Crippen LogP contribution < -0.4 is 5.73 Å². The molecule has 0 saturated carbocycles. The number of methoxy groups -OCH3 is 1. The quantitative estimate of drug-likeness (QED) is 0.708. The first-order chi connectivity index (χ1) is 8.13. The van der Waals surface area contributed by atoms with Gasteiger partial charge in [0.25, 0.3) is 0 Å². The van der Waals surface area contributed by atoms with E-state index in [2.05, 4.69) is 9.72 Å². The lowest BCUT2D eigenvalue weighted by molar-refractivity contribution is -0.142. The fourth-order valence-corrected chi connectivity index (χ4v) is 1.50. The number of nitrogens with zero attached hydrogens (tertiary/aromatic N) is 2. The lowest BCUT2D eigenvalue weighted by Crippen LogP contribution is -2.42. The average Bonchev–Trinajstić information content (AvgIpc) is 2.36. The van der Waals surface area contributed by atoms with Crippen LogP contribution in [0.4, 0.5) is 0 Å². The predicted octanol–water partition coefficient (Wildman–Crippen LogP) is 0.0562. The lowest BCUT2D eigenvalue weighted by Gasteiger charge is -2.19. The van der Waals surface area contributed by atoms with E-state index in [1.807, 2.05) is 30.1 Å². The standard InChI is InChI=1S/C12H19N3O2/c1-15(9-11(13)12(16)17-2)8-6-10-5-3-4-7-14-10/h3-5,7,11H,6,8-9,13H2,1-2H3. The third-order valence-electron chi connectivity index (χ3n) is 2.49. The first-order valence-corrected chi connectivity index (χ1v) is 5.55. The third kappa shape index (κ3) is 4.93. The van der Waals surface area contributed by atoms with Gasteiger partial charge in [0.1, 0.15) is 6.04 Å². The zero-order valence-electron chi connectivity index (χ0n) is 10.3. The van der Waals surface area contributed by atoms with E-state index < -0.39 is 6.04 Å². The molecule has 0 fully saturated rings. The number of aromatic nitrogens is 1. The summed E-state index contributed by atoms with van der Waals surface area (Å²) in [5.74, 6) is -0.380. The summed E-state index contributed by atoms with van der Waals surface area (Å²) in [4.78, 5) is 17.4. The molecule has 2 N–H and O–H groups in total. The highest BCUT2D eigenvalue weighted by molar-refractivity contribution is 5.75. The van der Waals surface area contributed by atoms with Crippen molar-refractivity contribution in [1.82, 2.24) is 9.88 Å². The SMILES string of the molecule is COC(=O)C(N)CN(C)CCc1ccccn1. The molecule has 1 aromatic heterocycles. The first kappa shape index (κ1) is 13.6. The largest absolute Gasteiger partial charge is 0.468 e. The van der Waals surface area contributed by atoms with Crippen molar-refractivity contribution >= 4 is 5.97 Å². The second kappa shape index (κ2) is 6.98. The Morgan fingerprint density at radius 1 is 1.59 bits per heavy atom. The van der Waals surface area contributed by atoms with Crippen LogP contribution in [0.15, 0.2) is 24.4 Å². The minimum Gasteiger partial charge on any atom is -0.468 e. The summed E-state index contributed by atoms with van der Waals surface area (Å²) in [5.41, 5.74) is 6.70. The number of nitrogens with two attached hydrogens (primary N) is 1. The van der Waals surface area contributed by atoms with E-state index in [0.717, 1.165) is 18.7 Å². The summed E-state index contributed by atoms with van der Waals surface area (Å²) in [6, 6.07) is 5.24. The molecule has 1 aromatic rings. The maximum atomic E-state index is 11.1. The molecular formula is C12H19N3O2. The van der Waals surface area contributed by atoms with Crippen molar-refractivity contribution in [3.05, 3.63) is 30.1 Å². The van der Waals surface area contributed by atoms with E-state index in [9.17, 15) is 4.79 Å². The van der Waals surface area contributed by atoms with Gasteiger partial charge in [-0.05, 0) is 19.2 Å². The summed E-state index contributed by atoms with van der Waals surface area (Å²) in [6.07, 6.45) is 2.61. The highest BCUT2D eigenvalue weighted by Crippen LogP contribution is 1.97. The molecule has 0 aliphatic heterocycles. The van der Waals surface area contributed by atoms with Crippen molar-refractivity contribution in [3.8, 4) is 0 Å².